The van der Waals surface area contributed by atoms with Gasteiger partial charge in [0.05, 0.1) is 28.6 Å². The van der Waals surface area contributed by atoms with Crippen LogP contribution >= 0.6 is 0 Å². The second kappa shape index (κ2) is 12.0. The summed E-state index contributed by atoms with van der Waals surface area (Å²) >= 11 is 0. The molecular formula is C32H33FN10O. The standard InChI is InChI=1S/C32H33FN10O/c1-43(2)12-11-36-22-14-19(13-21(33)16-22)28-29-26(7-10-37-28)39-32(40-29)31-30-27(41-42-31)4-3-25(38-30)20-15-24(18-35-17-20)44-23-5-8-34-9-6-23/h3-4,7,10,13-18,23,34,36H,5-6,8-9,11-12H2,1-2H3,(H,39,40)(H,41,42). The Kier molecular flexibility index (Phi) is 7.59. The molecule has 0 spiro atoms. The summed E-state index contributed by atoms with van der Waals surface area (Å²) in [6, 6.07) is 12.6. The number of pyridine rings is 3. The van der Waals surface area contributed by atoms with E-state index in [-0.39, 0.29) is 11.9 Å². The molecule has 44 heavy (non-hydrogen) atoms. The molecule has 0 unspecified atom stereocenters. The Labute approximate surface area is 253 Å². The van der Waals surface area contributed by atoms with Crippen molar-refractivity contribution in [3.8, 4) is 39.8 Å². The van der Waals surface area contributed by atoms with Gasteiger partial charge in [-0.15, -0.1) is 0 Å². The summed E-state index contributed by atoms with van der Waals surface area (Å²) in [5.74, 6) is 0.917. The van der Waals surface area contributed by atoms with Gasteiger partial charge in [-0.05, 0) is 82.5 Å². The van der Waals surface area contributed by atoms with Gasteiger partial charge in [-0.3, -0.25) is 15.1 Å². The molecule has 0 radical (unpaired) electrons. The fraction of sp³-hybridized carbons (Fsp3) is 0.281. The van der Waals surface area contributed by atoms with E-state index in [1.165, 1.54) is 12.1 Å². The summed E-state index contributed by atoms with van der Waals surface area (Å²) in [5, 5.41) is 14.3. The molecule has 0 saturated carbocycles. The normalized spacial score (nSPS) is 14.1. The van der Waals surface area contributed by atoms with Crippen molar-refractivity contribution in [3.05, 3.63) is 66.9 Å². The second-order valence-electron chi connectivity index (χ2n) is 11.2. The van der Waals surface area contributed by atoms with Gasteiger partial charge in [0.15, 0.2) is 11.5 Å². The number of nitrogens with zero attached hydrogens (tertiary/aromatic N) is 6. The highest BCUT2D eigenvalue weighted by Crippen LogP contribution is 2.32. The molecule has 1 saturated heterocycles. The summed E-state index contributed by atoms with van der Waals surface area (Å²) in [5.41, 5.74) is 6.88. The van der Waals surface area contributed by atoms with Gasteiger partial charge in [0, 0.05) is 42.3 Å². The van der Waals surface area contributed by atoms with Crippen LogP contribution in [0.1, 0.15) is 12.8 Å². The van der Waals surface area contributed by atoms with Crippen molar-refractivity contribution < 1.29 is 9.13 Å². The quantitative estimate of drug-likeness (QED) is 0.186. The number of nitrogens with one attached hydrogen (secondary N) is 4. The van der Waals surface area contributed by atoms with E-state index in [0.29, 0.717) is 46.0 Å². The molecule has 12 heteroatoms. The largest absolute Gasteiger partial charge is 0.489 e. The molecule has 224 valence electrons. The Hall–Kier alpha value is -4.94. The lowest BCUT2D eigenvalue weighted by Crippen LogP contribution is -2.34. The number of hydrogen-bond donors (Lipinski definition) is 4. The van der Waals surface area contributed by atoms with Crippen LogP contribution in [0.3, 0.4) is 0 Å². The Balaban J connectivity index is 1.21. The van der Waals surface area contributed by atoms with Gasteiger partial charge in [-0.2, -0.15) is 5.10 Å². The van der Waals surface area contributed by atoms with Crippen LogP contribution in [-0.4, -0.2) is 86.4 Å². The Morgan fingerprint density at radius 2 is 1.82 bits per heavy atom. The maximum atomic E-state index is 14.7. The molecule has 4 N–H and O–H groups in total. The van der Waals surface area contributed by atoms with Crippen LogP contribution in [0.25, 0.3) is 56.1 Å². The van der Waals surface area contributed by atoms with Crippen LogP contribution < -0.4 is 15.4 Å². The number of aromatic nitrogens is 7. The fourth-order valence-electron chi connectivity index (χ4n) is 5.46. The molecule has 1 aromatic carbocycles. The Morgan fingerprint density at radius 3 is 2.68 bits per heavy atom. The van der Waals surface area contributed by atoms with Crippen molar-refractivity contribution in [1.29, 1.82) is 0 Å². The Bertz CT molecular complexity index is 1930. The lowest BCUT2D eigenvalue weighted by molar-refractivity contribution is 0.162. The van der Waals surface area contributed by atoms with Crippen LogP contribution in [0.15, 0.2) is 61.1 Å². The topological polar surface area (TPSA) is 133 Å². The molecule has 7 rings (SSSR count). The van der Waals surface area contributed by atoms with Crippen molar-refractivity contribution in [2.45, 2.75) is 18.9 Å². The van der Waals surface area contributed by atoms with Crippen molar-refractivity contribution >= 4 is 27.8 Å². The SMILES string of the molecule is CN(C)CCNc1cc(F)cc(-c2nccc3[nH]c(-c4n[nH]c5ccc(-c6cncc(OC7CCNCC7)c6)nc45)nc23)c1. The number of hydrogen-bond acceptors (Lipinski definition) is 9. The van der Waals surface area contributed by atoms with Crippen molar-refractivity contribution in [2.75, 3.05) is 45.6 Å². The number of rotatable bonds is 9. The predicted octanol–water partition coefficient (Wildman–Crippen LogP) is 4.87. The Morgan fingerprint density at radius 1 is 0.955 bits per heavy atom. The minimum absolute atomic E-state index is 0.176. The average molecular weight is 593 g/mol. The first kappa shape index (κ1) is 27.9. The first-order valence-corrected chi connectivity index (χ1v) is 14.7. The molecule has 6 aromatic rings. The third-order valence-corrected chi connectivity index (χ3v) is 7.69. The van der Waals surface area contributed by atoms with Gasteiger partial charge >= 0.3 is 0 Å². The lowest BCUT2D eigenvalue weighted by Gasteiger charge is -2.23. The highest BCUT2D eigenvalue weighted by Gasteiger charge is 2.19. The van der Waals surface area contributed by atoms with Crippen LogP contribution in [0.4, 0.5) is 10.1 Å². The monoisotopic (exact) mass is 592 g/mol. The molecule has 1 fully saturated rings. The van der Waals surface area contributed by atoms with Gasteiger partial charge in [-0.1, -0.05) is 0 Å². The maximum Gasteiger partial charge on any atom is 0.161 e. The van der Waals surface area contributed by atoms with E-state index in [1.807, 2.05) is 44.4 Å². The van der Waals surface area contributed by atoms with Gasteiger partial charge in [-0.25, -0.2) is 14.4 Å². The molecule has 1 aliphatic heterocycles. The van der Waals surface area contributed by atoms with Gasteiger partial charge < -0.3 is 25.3 Å². The first-order valence-electron chi connectivity index (χ1n) is 14.7. The minimum atomic E-state index is -0.348. The number of imidazole rings is 1. The molecule has 0 amide bonds. The highest BCUT2D eigenvalue weighted by atomic mass is 19.1. The third kappa shape index (κ3) is 5.81. The molecule has 5 aromatic heterocycles. The minimum Gasteiger partial charge on any atom is -0.489 e. The number of aromatic amines is 2. The number of H-pyrrole nitrogens is 2. The fourth-order valence-corrected chi connectivity index (χ4v) is 5.46. The van der Waals surface area contributed by atoms with E-state index in [4.69, 9.17) is 14.7 Å². The number of fused-ring (bicyclic) bond motifs is 2. The molecule has 6 heterocycles. The first-order chi connectivity index (χ1) is 21.5. The number of benzene rings is 1. The molecule has 0 atom stereocenters. The summed E-state index contributed by atoms with van der Waals surface area (Å²) in [7, 11) is 4.00. The zero-order chi connectivity index (χ0) is 30.0. The van der Waals surface area contributed by atoms with E-state index in [2.05, 4.69) is 40.7 Å². The molecular weight excluding hydrogens is 559 g/mol. The molecule has 11 nitrogen and oxygen atoms in total. The smallest absolute Gasteiger partial charge is 0.161 e. The van der Waals surface area contributed by atoms with Crippen molar-refractivity contribution in [3.63, 3.8) is 0 Å². The molecule has 1 aliphatic rings. The summed E-state index contributed by atoms with van der Waals surface area (Å²) < 4.78 is 20.9. The number of likely N-dealkylation sites (N-methyl/N-ethyl adjacent to an activating group) is 1. The summed E-state index contributed by atoms with van der Waals surface area (Å²) in [6.07, 6.45) is 7.33. The average Bonchev–Trinajstić information content (AvgIpc) is 3.65. The number of ether oxygens (including phenoxy) is 1. The zero-order valence-electron chi connectivity index (χ0n) is 24.6. The molecule has 0 aliphatic carbocycles. The van der Waals surface area contributed by atoms with Gasteiger partial charge in [0.25, 0.3) is 0 Å². The van der Waals surface area contributed by atoms with E-state index in [9.17, 15) is 4.39 Å². The van der Waals surface area contributed by atoms with E-state index >= 15 is 0 Å². The number of piperidine rings is 1. The van der Waals surface area contributed by atoms with Crippen LogP contribution in [-0.2, 0) is 0 Å². The number of halogens is 1. The summed E-state index contributed by atoms with van der Waals surface area (Å²) in [4.78, 5) is 24.3. The summed E-state index contributed by atoms with van der Waals surface area (Å²) in [6.45, 7) is 3.42. The van der Waals surface area contributed by atoms with Crippen LogP contribution in [0.2, 0.25) is 0 Å². The number of anilines is 1. The predicted molar refractivity (Wildman–Crippen MR) is 169 cm³/mol. The second-order valence-corrected chi connectivity index (χ2v) is 11.2. The van der Waals surface area contributed by atoms with Crippen LogP contribution in [0.5, 0.6) is 5.75 Å². The zero-order valence-corrected chi connectivity index (χ0v) is 24.6. The van der Waals surface area contributed by atoms with E-state index < -0.39 is 0 Å². The third-order valence-electron chi connectivity index (χ3n) is 7.69. The van der Waals surface area contributed by atoms with Gasteiger partial charge in [0.2, 0.25) is 0 Å². The van der Waals surface area contributed by atoms with Crippen LogP contribution in [0, 0.1) is 5.82 Å². The van der Waals surface area contributed by atoms with E-state index in [0.717, 1.165) is 60.5 Å². The highest BCUT2D eigenvalue weighted by molar-refractivity contribution is 5.95. The van der Waals surface area contributed by atoms with Crippen molar-refractivity contribution in [1.82, 2.24) is 45.3 Å². The van der Waals surface area contributed by atoms with Crippen molar-refractivity contribution in [2.24, 2.45) is 0 Å². The molecule has 0 bridgehead atoms. The van der Waals surface area contributed by atoms with Gasteiger partial charge in [0.1, 0.15) is 28.7 Å². The lowest BCUT2D eigenvalue weighted by atomic mass is 10.1. The maximum absolute atomic E-state index is 14.7. The van der Waals surface area contributed by atoms with E-state index in [1.54, 1.807) is 18.6 Å².